The Hall–Kier alpha value is -4.13. The van der Waals surface area contributed by atoms with Gasteiger partial charge in [-0.2, -0.15) is 0 Å². The topological polar surface area (TPSA) is 83.5 Å². The molecule has 0 aromatic heterocycles. The van der Waals surface area contributed by atoms with Crippen molar-refractivity contribution in [1.82, 2.24) is 0 Å². The molecule has 1 aliphatic rings. The first-order valence-electron chi connectivity index (χ1n) is 11.1. The average Bonchev–Trinajstić information content (AvgIpc) is 3.18. The molecule has 0 amide bonds. The zero-order chi connectivity index (χ0) is 25.5. The summed E-state index contributed by atoms with van der Waals surface area (Å²) in [4.78, 5) is 12.7. The minimum atomic E-state index is -0.653. The molecule has 2 aromatic rings. The molecule has 0 radical (unpaired) electrons. The third kappa shape index (κ3) is 5.51. The Balaban J connectivity index is 1.84. The lowest BCUT2D eigenvalue weighted by atomic mass is 9.95. The predicted molar refractivity (Wildman–Crippen MR) is 134 cm³/mol. The molecule has 35 heavy (non-hydrogen) atoms. The highest BCUT2D eigenvalue weighted by Crippen LogP contribution is 2.45. The minimum Gasteiger partial charge on any atom is -0.504 e. The van der Waals surface area contributed by atoms with Crippen LogP contribution in [-0.4, -0.2) is 38.5 Å². The van der Waals surface area contributed by atoms with Crippen molar-refractivity contribution in [1.29, 1.82) is 0 Å². The Morgan fingerprint density at radius 2 is 1.83 bits per heavy atom. The van der Waals surface area contributed by atoms with Gasteiger partial charge in [-0.1, -0.05) is 25.7 Å². The molecule has 3 rings (SSSR count). The first kappa shape index (κ1) is 25.5. The number of carbonyl (C=O) groups excluding carboxylic acids is 1. The molecule has 7 heteroatoms. The molecule has 1 aliphatic heterocycles. The number of phenols is 1. The highest BCUT2D eigenvalue weighted by atomic mass is 16.6. The first-order valence-corrected chi connectivity index (χ1v) is 11.1. The van der Waals surface area contributed by atoms with Gasteiger partial charge in [0.2, 0.25) is 0 Å². The number of methoxy groups -OCH3 is 3. The lowest BCUT2D eigenvalue weighted by molar-refractivity contribution is 0.0620. The zero-order valence-corrected chi connectivity index (χ0v) is 20.5. The van der Waals surface area contributed by atoms with Crippen LogP contribution in [0.15, 0.2) is 72.7 Å². The number of phenolic OH excluding ortho intramolecular Hbond substituents is 1. The maximum absolute atomic E-state index is 12.7. The van der Waals surface area contributed by atoms with Crippen LogP contribution in [0.3, 0.4) is 0 Å². The molecular formula is C28H30O7. The molecule has 0 fully saturated rings. The summed E-state index contributed by atoms with van der Waals surface area (Å²) in [6.07, 6.45) is 8.62. The van der Waals surface area contributed by atoms with Gasteiger partial charge in [0.25, 0.3) is 0 Å². The standard InChI is InChI=1S/C28H30O7/c1-7-9-18-14-20-17(3)23(34-27(20)26(15-18)33-6)12-13-24(31-4)22(8-2)35-28(30)19-10-11-21(29)25(16-19)32-5/h7-17,23,29H,2H2,1,3-6H3/b9-7+,13-12+,24-22-/t17-,23+/m1/s1. The molecule has 2 aromatic carbocycles. The fraction of sp³-hybridized carbons (Fsp3) is 0.250. The normalized spacial score (nSPS) is 17.5. The van der Waals surface area contributed by atoms with Crippen LogP contribution in [0.25, 0.3) is 6.08 Å². The summed E-state index contributed by atoms with van der Waals surface area (Å²) in [6.45, 7) is 7.77. The lowest BCUT2D eigenvalue weighted by Crippen LogP contribution is -2.13. The number of carbonyl (C=O) groups is 1. The molecule has 0 saturated heterocycles. The molecule has 0 saturated carbocycles. The van der Waals surface area contributed by atoms with Crippen LogP contribution in [-0.2, 0) is 9.47 Å². The van der Waals surface area contributed by atoms with Crippen LogP contribution >= 0.6 is 0 Å². The number of rotatable bonds is 9. The number of esters is 1. The average molecular weight is 479 g/mol. The summed E-state index contributed by atoms with van der Waals surface area (Å²) in [5.74, 6) is 1.30. The van der Waals surface area contributed by atoms with Crippen LogP contribution in [0.1, 0.15) is 41.3 Å². The summed E-state index contributed by atoms with van der Waals surface area (Å²) < 4.78 is 27.7. The maximum atomic E-state index is 12.7. The fourth-order valence-corrected chi connectivity index (χ4v) is 3.76. The molecule has 184 valence electrons. The van der Waals surface area contributed by atoms with Crippen LogP contribution in [0, 0.1) is 0 Å². The van der Waals surface area contributed by atoms with E-state index in [0.717, 1.165) is 11.1 Å². The van der Waals surface area contributed by atoms with Crippen molar-refractivity contribution in [2.24, 2.45) is 0 Å². The van der Waals surface area contributed by atoms with Gasteiger partial charge in [-0.3, -0.25) is 0 Å². The highest BCUT2D eigenvalue weighted by molar-refractivity contribution is 5.91. The summed E-state index contributed by atoms with van der Waals surface area (Å²) in [5, 5.41) is 9.75. The minimum absolute atomic E-state index is 0.0534. The number of aromatic hydroxyl groups is 1. The molecule has 0 bridgehead atoms. The number of benzene rings is 2. The Kier molecular flexibility index (Phi) is 8.25. The van der Waals surface area contributed by atoms with Gasteiger partial charge in [-0.05, 0) is 61.0 Å². The largest absolute Gasteiger partial charge is 0.504 e. The number of ether oxygens (including phenoxy) is 5. The van der Waals surface area contributed by atoms with Crippen molar-refractivity contribution in [2.45, 2.75) is 25.9 Å². The van der Waals surface area contributed by atoms with E-state index in [9.17, 15) is 9.90 Å². The molecule has 7 nitrogen and oxygen atoms in total. The Bertz CT molecular complexity index is 1190. The van der Waals surface area contributed by atoms with Crippen molar-refractivity contribution in [3.05, 3.63) is 89.4 Å². The Morgan fingerprint density at radius 1 is 1.09 bits per heavy atom. The highest BCUT2D eigenvalue weighted by Gasteiger charge is 2.32. The van der Waals surface area contributed by atoms with E-state index in [-0.39, 0.29) is 34.8 Å². The van der Waals surface area contributed by atoms with Crippen LogP contribution in [0.5, 0.6) is 23.0 Å². The van der Waals surface area contributed by atoms with Gasteiger partial charge in [-0.15, -0.1) is 0 Å². The smallest absolute Gasteiger partial charge is 0.343 e. The summed E-state index contributed by atoms with van der Waals surface area (Å²) in [6, 6.07) is 8.21. The molecule has 1 heterocycles. The maximum Gasteiger partial charge on any atom is 0.343 e. The molecule has 1 N–H and O–H groups in total. The van der Waals surface area contributed by atoms with E-state index >= 15 is 0 Å². The van der Waals surface area contributed by atoms with Gasteiger partial charge in [0, 0.05) is 11.5 Å². The second kappa shape index (κ2) is 11.3. The second-order valence-electron chi connectivity index (χ2n) is 7.78. The van der Waals surface area contributed by atoms with E-state index in [1.54, 1.807) is 13.2 Å². The van der Waals surface area contributed by atoms with E-state index in [2.05, 4.69) is 19.6 Å². The summed E-state index contributed by atoms with van der Waals surface area (Å²) >= 11 is 0. The van der Waals surface area contributed by atoms with E-state index in [4.69, 9.17) is 23.7 Å². The third-order valence-corrected chi connectivity index (χ3v) is 5.63. The van der Waals surface area contributed by atoms with E-state index < -0.39 is 5.97 Å². The van der Waals surface area contributed by atoms with Gasteiger partial charge >= 0.3 is 5.97 Å². The fourth-order valence-electron chi connectivity index (χ4n) is 3.76. The van der Waals surface area contributed by atoms with Gasteiger partial charge in [-0.25, -0.2) is 4.79 Å². The Morgan fingerprint density at radius 3 is 2.46 bits per heavy atom. The molecule has 0 aliphatic carbocycles. The SMILES string of the molecule is C=C/C(OC(=O)c1ccc(O)c(OC)c1)=C(\C=C\[C@@H]1Oc2c(OC)cc(/C=C/C)cc2[C@H]1C)OC. The van der Waals surface area contributed by atoms with Crippen molar-refractivity contribution >= 4 is 12.0 Å². The number of hydrogen-bond donors (Lipinski definition) is 1. The van der Waals surface area contributed by atoms with Gasteiger partial charge in [0.05, 0.1) is 26.9 Å². The monoisotopic (exact) mass is 478 g/mol. The first-order chi connectivity index (χ1) is 16.9. The number of allylic oxidation sites excluding steroid dienone is 3. The number of hydrogen-bond acceptors (Lipinski definition) is 7. The second-order valence-corrected chi connectivity index (χ2v) is 7.78. The summed E-state index contributed by atoms with van der Waals surface area (Å²) in [7, 11) is 4.49. The molecule has 0 unspecified atom stereocenters. The van der Waals surface area contributed by atoms with E-state index in [1.165, 1.54) is 38.5 Å². The molecule has 2 atom stereocenters. The van der Waals surface area contributed by atoms with Crippen LogP contribution < -0.4 is 14.2 Å². The summed E-state index contributed by atoms with van der Waals surface area (Å²) in [5.41, 5.74) is 2.28. The van der Waals surface area contributed by atoms with Gasteiger partial charge in [0.15, 0.2) is 34.5 Å². The van der Waals surface area contributed by atoms with Crippen LogP contribution in [0.4, 0.5) is 0 Å². The van der Waals surface area contributed by atoms with Crippen molar-refractivity contribution in [2.75, 3.05) is 21.3 Å². The predicted octanol–water partition coefficient (Wildman–Crippen LogP) is 5.76. The quantitative estimate of drug-likeness (QED) is 0.278. The third-order valence-electron chi connectivity index (χ3n) is 5.63. The molecule has 0 spiro atoms. The van der Waals surface area contributed by atoms with Gasteiger partial charge in [0.1, 0.15) is 6.10 Å². The molecular weight excluding hydrogens is 448 g/mol. The number of fused-ring (bicyclic) bond motifs is 1. The lowest BCUT2D eigenvalue weighted by Gasteiger charge is -2.13. The van der Waals surface area contributed by atoms with Crippen molar-refractivity contribution in [3.63, 3.8) is 0 Å². The van der Waals surface area contributed by atoms with Crippen molar-refractivity contribution in [3.8, 4) is 23.0 Å². The van der Waals surface area contributed by atoms with E-state index in [1.807, 2.05) is 31.2 Å². The van der Waals surface area contributed by atoms with Gasteiger partial charge < -0.3 is 28.8 Å². The van der Waals surface area contributed by atoms with E-state index in [0.29, 0.717) is 17.3 Å². The Labute approximate surface area is 205 Å². The van der Waals surface area contributed by atoms with Crippen LogP contribution in [0.2, 0.25) is 0 Å². The zero-order valence-electron chi connectivity index (χ0n) is 20.5. The van der Waals surface area contributed by atoms with Crippen molar-refractivity contribution < 1.29 is 33.6 Å².